The van der Waals surface area contributed by atoms with Crippen molar-refractivity contribution < 1.29 is 97.5 Å². The van der Waals surface area contributed by atoms with Crippen molar-refractivity contribution in [2.24, 2.45) is 11.5 Å². The Morgan fingerprint density at radius 1 is 0.625 bits per heavy atom. The summed E-state index contributed by atoms with van der Waals surface area (Å²) in [5, 5.41) is 80.8. The highest BCUT2D eigenvalue weighted by Gasteiger charge is 2.53. The number of carboxylic acids is 1. The van der Waals surface area contributed by atoms with Gasteiger partial charge in [-0.25, -0.2) is 0 Å². The van der Waals surface area contributed by atoms with Gasteiger partial charge in [0.05, 0.1) is 19.3 Å². The van der Waals surface area contributed by atoms with Crippen LogP contribution in [0.4, 0.5) is 0 Å². The van der Waals surface area contributed by atoms with Gasteiger partial charge in [0.25, 0.3) is 0 Å². The van der Waals surface area contributed by atoms with Crippen LogP contribution in [0.15, 0.2) is 0 Å². The highest BCUT2D eigenvalue weighted by atomic mass is 16.7. The highest BCUT2D eigenvalue weighted by Crippen LogP contribution is 2.31. The molecule has 9 amide bonds. The van der Waals surface area contributed by atoms with E-state index in [1.165, 1.54) is 34.6 Å². The zero-order valence-electron chi connectivity index (χ0n) is 41.0. The second-order valence-electron chi connectivity index (χ2n) is 17.5. The maximum absolute atomic E-state index is 13.5. The Morgan fingerprint density at radius 3 is 1.75 bits per heavy atom. The lowest BCUT2D eigenvalue weighted by Crippen LogP contribution is -2.70. The van der Waals surface area contributed by atoms with Crippen molar-refractivity contribution in [3.8, 4) is 0 Å². The zero-order chi connectivity index (χ0) is 54.7. The van der Waals surface area contributed by atoms with E-state index in [0.29, 0.717) is 6.42 Å². The lowest BCUT2D eigenvalue weighted by molar-refractivity contribution is -0.333. The van der Waals surface area contributed by atoms with Crippen molar-refractivity contribution >= 4 is 59.1 Å². The van der Waals surface area contributed by atoms with Crippen LogP contribution < -0.4 is 54.0 Å². The maximum atomic E-state index is 13.5. The predicted molar refractivity (Wildman–Crippen MR) is 243 cm³/mol. The molecule has 2 fully saturated rings. The standard InChI is InChI=1S/C42H72N10O20/c1-16(43)35(61)46-17(2)36(62)45-13-9-8-10-24(39(65)48-19(4)40(66)67)51-27(57)12-11-23(34(44)60)52-37(63)18(3)47-38(64)20(5)69-33-29(50-22(7)56)41(68)70-26(15-54)32(33)72-42-28(49-21(6)55)31(59)30(58)25(14-53)71-42/h16-20,23-26,28-33,41-42,53-54,58-59,68H,8-15,43H2,1-7H3,(H2,44,60)(H,45,62)(H,46,61)(H,47,64)(H,48,65)(H,49,55)(H,50,56)(H,51,57)(H,52,63)(H,66,67). The molecule has 0 bridgehead atoms. The van der Waals surface area contributed by atoms with Crippen LogP contribution in [0.3, 0.4) is 0 Å². The smallest absolute Gasteiger partial charge is 0.325 e. The molecule has 17 atom stereocenters. The van der Waals surface area contributed by atoms with E-state index in [-0.39, 0.29) is 19.4 Å². The van der Waals surface area contributed by atoms with Crippen molar-refractivity contribution in [2.75, 3.05) is 19.8 Å². The van der Waals surface area contributed by atoms with Crippen LogP contribution in [-0.4, -0.2) is 213 Å². The second kappa shape index (κ2) is 29.7. The van der Waals surface area contributed by atoms with Crippen LogP contribution in [0.1, 0.15) is 80.6 Å². The number of aliphatic hydroxyl groups excluding tert-OH is 5. The molecule has 2 saturated heterocycles. The molecule has 410 valence electrons. The van der Waals surface area contributed by atoms with Gasteiger partial charge in [0.15, 0.2) is 12.6 Å². The molecule has 0 aromatic rings. The SMILES string of the molecule is CC(=O)NC1C(OC2C(CO)OC(O)C(NC(C)=O)C2OC(C)C(=O)NC(C)C(=O)NC(CCC(=O)NC(CCCCNC(=O)C(C)NC(=O)C(C)N)C(=O)NC(C)C(=O)O)C(N)=O)OC(CO)C(O)C1O. The fourth-order valence-electron chi connectivity index (χ4n) is 7.23. The van der Waals surface area contributed by atoms with E-state index in [0.717, 1.165) is 13.8 Å². The maximum Gasteiger partial charge on any atom is 0.325 e. The van der Waals surface area contributed by atoms with Crippen LogP contribution in [-0.2, 0) is 66.9 Å². The monoisotopic (exact) mass is 1040 g/mol. The molecule has 72 heavy (non-hydrogen) atoms. The number of ether oxygens (including phenoxy) is 4. The Balaban J connectivity index is 2.16. The van der Waals surface area contributed by atoms with Gasteiger partial charge in [-0.1, -0.05) is 0 Å². The number of primary amides is 1. The number of amides is 9. The number of rotatable bonds is 28. The summed E-state index contributed by atoms with van der Waals surface area (Å²) in [6.45, 7) is 7.08. The minimum atomic E-state index is -1.90. The van der Waals surface area contributed by atoms with Gasteiger partial charge in [-0.3, -0.25) is 47.9 Å². The molecule has 30 nitrogen and oxygen atoms in total. The molecule has 0 aromatic heterocycles. The average Bonchev–Trinajstić information content (AvgIpc) is 3.30. The summed E-state index contributed by atoms with van der Waals surface area (Å²) in [4.78, 5) is 125. The molecule has 0 spiro atoms. The van der Waals surface area contributed by atoms with E-state index >= 15 is 0 Å². The minimum absolute atomic E-state index is 0.0288. The van der Waals surface area contributed by atoms with Crippen molar-refractivity contribution in [3.63, 3.8) is 0 Å². The summed E-state index contributed by atoms with van der Waals surface area (Å²) < 4.78 is 23.2. The first-order valence-corrected chi connectivity index (χ1v) is 23.1. The first-order valence-electron chi connectivity index (χ1n) is 23.1. The van der Waals surface area contributed by atoms with E-state index < -0.39 is 189 Å². The van der Waals surface area contributed by atoms with Gasteiger partial charge < -0.3 is 104 Å². The number of unbranched alkanes of at least 4 members (excludes halogenated alkanes) is 1. The van der Waals surface area contributed by atoms with Crippen molar-refractivity contribution in [1.29, 1.82) is 0 Å². The molecule has 0 aliphatic carbocycles. The van der Waals surface area contributed by atoms with Gasteiger partial charge in [0.1, 0.15) is 85.0 Å². The fraction of sp³-hybridized carbons (Fsp3) is 0.762. The molecule has 0 radical (unpaired) electrons. The number of carbonyl (C=O) groups is 10. The minimum Gasteiger partial charge on any atom is -0.480 e. The summed E-state index contributed by atoms with van der Waals surface area (Å²) in [6.07, 6.45) is -15.3. The number of carbonyl (C=O) groups excluding carboxylic acids is 9. The van der Waals surface area contributed by atoms with Crippen molar-refractivity contribution in [2.45, 2.75) is 184 Å². The number of nitrogens with one attached hydrogen (secondary N) is 8. The molecule has 2 heterocycles. The summed E-state index contributed by atoms with van der Waals surface area (Å²) in [5.41, 5.74) is 11.0. The lowest BCUT2D eigenvalue weighted by Gasteiger charge is -2.48. The quantitative estimate of drug-likeness (QED) is 0.0324. The number of aliphatic carboxylic acids is 1. The first kappa shape index (κ1) is 62.4. The van der Waals surface area contributed by atoms with Crippen molar-refractivity contribution in [1.82, 2.24) is 42.5 Å². The van der Waals surface area contributed by atoms with Crippen LogP contribution in [0.5, 0.6) is 0 Å². The van der Waals surface area contributed by atoms with Crippen LogP contribution in [0.25, 0.3) is 0 Å². The highest BCUT2D eigenvalue weighted by molar-refractivity contribution is 5.93. The molecule has 0 aromatic carbocycles. The topological polar surface area (TPSA) is 477 Å². The number of hydrogen-bond donors (Lipinski definition) is 16. The summed E-state index contributed by atoms with van der Waals surface area (Å²) in [7, 11) is 0. The van der Waals surface area contributed by atoms with Crippen LogP contribution >= 0.6 is 0 Å². The van der Waals surface area contributed by atoms with Gasteiger partial charge in [-0.2, -0.15) is 0 Å². The van der Waals surface area contributed by atoms with Crippen molar-refractivity contribution in [3.05, 3.63) is 0 Å². The number of aliphatic hydroxyl groups is 5. The molecule has 30 heteroatoms. The molecule has 18 N–H and O–H groups in total. The lowest BCUT2D eigenvalue weighted by atomic mass is 9.94. The third-order valence-corrected chi connectivity index (χ3v) is 11.3. The number of carboxylic acid groups (broad SMARTS) is 1. The van der Waals surface area contributed by atoms with E-state index in [4.69, 9.17) is 30.4 Å². The van der Waals surface area contributed by atoms with Gasteiger partial charge in [-0.15, -0.1) is 0 Å². The van der Waals surface area contributed by atoms with Gasteiger partial charge >= 0.3 is 5.97 Å². The molecule has 2 aliphatic heterocycles. The normalized spacial score (nSPS) is 26.8. The molecular formula is C42H72N10O20. The average molecular weight is 1040 g/mol. The molecular weight excluding hydrogens is 965 g/mol. The largest absolute Gasteiger partial charge is 0.480 e. The van der Waals surface area contributed by atoms with E-state index in [2.05, 4.69) is 42.5 Å². The van der Waals surface area contributed by atoms with Crippen LogP contribution in [0, 0.1) is 0 Å². The fourth-order valence-corrected chi connectivity index (χ4v) is 7.23. The zero-order valence-corrected chi connectivity index (χ0v) is 41.0. The summed E-state index contributed by atoms with van der Waals surface area (Å²) in [5.74, 6) is -8.54. The third-order valence-electron chi connectivity index (χ3n) is 11.3. The van der Waals surface area contributed by atoms with Gasteiger partial charge in [0.2, 0.25) is 53.2 Å². The Morgan fingerprint density at radius 2 is 1.19 bits per heavy atom. The number of hydrogen-bond acceptors (Lipinski definition) is 20. The molecule has 2 aliphatic rings. The Hall–Kier alpha value is -5.70. The molecule has 17 unspecified atom stereocenters. The first-order chi connectivity index (χ1) is 33.6. The Bertz CT molecular complexity index is 1900. The van der Waals surface area contributed by atoms with Gasteiger partial charge in [0, 0.05) is 26.8 Å². The molecule has 0 saturated carbocycles. The predicted octanol–water partition coefficient (Wildman–Crippen LogP) is -8.23. The van der Waals surface area contributed by atoms with E-state index in [1.807, 2.05) is 0 Å². The molecule has 2 rings (SSSR count). The summed E-state index contributed by atoms with van der Waals surface area (Å²) >= 11 is 0. The Labute approximate surface area is 414 Å². The summed E-state index contributed by atoms with van der Waals surface area (Å²) in [6, 6.07) is -10.3. The second-order valence-corrected chi connectivity index (χ2v) is 17.5. The Kier molecular flexibility index (Phi) is 25.8. The van der Waals surface area contributed by atoms with E-state index in [9.17, 15) is 78.6 Å². The van der Waals surface area contributed by atoms with E-state index in [1.54, 1.807) is 0 Å². The number of nitrogens with two attached hydrogens (primary N) is 2. The third kappa shape index (κ3) is 19.4. The van der Waals surface area contributed by atoms with Gasteiger partial charge in [-0.05, 0) is 60.3 Å². The van der Waals surface area contributed by atoms with Crippen LogP contribution in [0.2, 0.25) is 0 Å².